The molecule has 0 radical (unpaired) electrons. The summed E-state index contributed by atoms with van der Waals surface area (Å²) in [5.74, 6) is 0.561. The molecule has 2 aliphatic rings. The molecule has 1 aliphatic heterocycles. The van der Waals surface area contributed by atoms with E-state index < -0.39 is 0 Å². The fraction of sp³-hybridized carbons (Fsp3) is 0.800. The van der Waals surface area contributed by atoms with Gasteiger partial charge in [-0.25, -0.2) is 0 Å². The Morgan fingerprint density at radius 1 is 1.45 bits per heavy atom. The Labute approximate surface area is 130 Å². The third-order valence-electron chi connectivity index (χ3n) is 4.81. The second kappa shape index (κ2) is 7.19. The fourth-order valence-corrected chi connectivity index (χ4v) is 3.68. The van der Waals surface area contributed by atoms with E-state index in [1.165, 1.54) is 6.42 Å². The molecule has 1 aromatic rings. The van der Waals surface area contributed by atoms with E-state index in [-0.39, 0.29) is 18.1 Å². The van der Waals surface area contributed by atoms with Crippen molar-refractivity contribution in [2.75, 3.05) is 26.9 Å². The van der Waals surface area contributed by atoms with E-state index in [4.69, 9.17) is 9.47 Å². The maximum Gasteiger partial charge on any atom is 0.224 e. The van der Waals surface area contributed by atoms with Crippen molar-refractivity contribution < 1.29 is 14.3 Å². The Hall–Kier alpha value is -1.47. The van der Waals surface area contributed by atoms with Gasteiger partial charge in [0.25, 0.3) is 0 Å². The van der Waals surface area contributed by atoms with Crippen molar-refractivity contribution in [3.8, 4) is 0 Å². The molecule has 1 saturated carbocycles. The molecule has 1 saturated heterocycles. The van der Waals surface area contributed by atoms with E-state index in [1.54, 1.807) is 24.2 Å². The second-order valence-corrected chi connectivity index (χ2v) is 6.01. The monoisotopic (exact) mass is 308 g/mol. The third-order valence-corrected chi connectivity index (χ3v) is 4.81. The van der Waals surface area contributed by atoms with Crippen LogP contribution in [-0.2, 0) is 20.8 Å². The summed E-state index contributed by atoms with van der Waals surface area (Å²) >= 11 is 0. The van der Waals surface area contributed by atoms with Gasteiger partial charge >= 0.3 is 0 Å². The number of hydrogen-bond donors (Lipinski definition) is 0. The Bertz CT molecular complexity index is 479. The first-order valence-electron chi connectivity index (χ1n) is 8.03. The molecule has 122 valence electrons. The highest BCUT2D eigenvalue weighted by atomic mass is 16.5. The number of morpholine rings is 1. The molecular formula is C15H24N4O3. The number of carbonyl (C=O) groups excluding carboxylic acids is 1. The third kappa shape index (κ3) is 3.30. The number of methoxy groups -OCH3 is 1. The maximum atomic E-state index is 12.6. The standard InChI is InChI=1S/C15H24N4O3/c1-21-14-4-2-3-12(14)13-11-22-10-9-19(13)15(20)5-7-18-8-6-16-17-18/h6,8,12-14H,2-5,7,9-11H2,1H3/t12-,13-,14-/m1/s1. The number of carbonyl (C=O) groups is 1. The largest absolute Gasteiger partial charge is 0.381 e. The fourth-order valence-electron chi connectivity index (χ4n) is 3.68. The van der Waals surface area contributed by atoms with Gasteiger partial charge in [0.05, 0.1) is 38.1 Å². The molecule has 3 atom stereocenters. The number of aromatic nitrogens is 3. The first-order chi connectivity index (χ1) is 10.8. The molecular weight excluding hydrogens is 284 g/mol. The van der Waals surface area contributed by atoms with E-state index in [2.05, 4.69) is 10.3 Å². The second-order valence-electron chi connectivity index (χ2n) is 6.01. The lowest BCUT2D eigenvalue weighted by atomic mass is 9.94. The summed E-state index contributed by atoms with van der Waals surface area (Å²) in [6.07, 6.45) is 7.46. The molecule has 3 rings (SSSR count). The summed E-state index contributed by atoms with van der Waals surface area (Å²) in [5, 5.41) is 7.67. The summed E-state index contributed by atoms with van der Waals surface area (Å²) in [6.45, 7) is 2.49. The molecule has 1 amide bonds. The van der Waals surface area contributed by atoms with Crippen LogP contribution in [0, 0.1) is 5.92 Å². The topological polar surface area (TPSA) is 69.5 Å². The van der Waals surface area contributed by atoms with Gasteiger partial charge in [0, 0.05) is 32.2 Å². The highest BCUT2D eigenvalue weighted by Gasteiger charge is 2.40. The summed E-state index contributed by atoms with van der Waals surface area (Å²) in [5.41, 5.74) is 0. The molecule has 0 unspecified atom stereocenters. The van der Waals surface area contributed by atoms with Crippen LogP contribution in [0.15, 0.2) is 12.4 Å². The molecule has 2 fully saturated rings. The first kappa shape index (κ1) is 15.4. The quantitative estimate of drug-likeness (QED) is 0.801. The van der Waals surface area contributed by atoms with Crippen LogP contribution in [0.4, 0.5) is 0 Å². The molecule has 0 N–H and O–H groups in total. The Kier molecular flexibility index (Phi) is 5.04. The maximum absolute atomic E-state index is 12.6. The zero-order valence-electron chi connectivity index (χ0n) is 13.1. The van der Waals surface area contributed by atoms with Crippen molar-refractivity contribution in [1.82, 2.24) is 19.9 Å². The van der Waals surface area contributed by atoms with Gasteiger partial charge in [0.1, 0.15) is 0 Å². The summed E-state index contributed by atoms with van der Waals surface area (Å²) in [6, 6.07) is 0.143. The summed E-state index contributed by atoms with van der Waals surface area (Å²) in [7, 11) is 1.77. The van der Waals surface area contributed by atoms with Crippen LogP contribution in [0.25, 0.3) is 0 Å². The lowest BCUT2D eigenvalue weighted by Gasteiger charge is -2.40. The first-order valence-corrected chi connectivity index (χ1v) is 8.03. The van der Waals surface area contributed by atoms with E-state index >= 15 is 0 Å². The number of ether oxygens (including phenoxy) is 2. The smallest absolute Gasteiger partial charge is 0.224 e. The van der Waals surface area contributed by atoms with E-state index in [0.717, 1.165) is 12.8 Å². The molecule has 7 heteroatoms. The highest BCUT2D eigenvalue weighted by Crippen LogP contribution is 2.34. The average Bonchev–Trinajstić information content (AvgIpc) is 3.23. The van der Waals surface area contributed by atoms with Crippen LogP contribution in [0.3, 0.4) is 0 Å². The van der Waals surface area contributed by atoms with Gasteiger partial charge in [0.15, 0.2) is 0 Å². The van der Waals surface area contributed by atoms with Gasteiger partial charge in [-0.15, -0.1) is 5.10 Å². The molecule has 1 aromatic heterocycles. The predicted octanol–water partition coefficient (Wildman–Crippen LogP) is 0.711. The van der Waals surface area contributed by atoms with Gasteiger partial charge < -0.3 is 14.4 Å². The normalized spacial score (nSPS) is 29.0. The van der Waals surface area contributed by atoms with Crippen LogP contribution < -0.4 is 0 Å². The molecule has 7 nitrogen and oxygen atoms in total. The number of hydrogen-bond acceptors (Lipinski definition) is 5. The minimum atomic E-state index is 0.143. The van der Waals surface area contributed by atoms with Gasteiger partial charge in [0.2, 0.25) is 5.91 Å². The minimum Gasteiger partial charge on any atom is -0.381 e. The molecule has 0 bridgehead atoms. The number of nitrogens with zero attached hydrogens (tertiary/aromatic N) is 4. The lowest BCUT2D eigenvalue weighted by Crippen LogP contribution is -2.53. The number of aryl methyl sites for hydroxylation is 1. The van der Waals surface area contributed by atoms with Crippen molar-refractivity contribution in [2.45, 2.75) is 44.4 Å². The molecule has 0 aromatic carbocycles. The van der Waals surface area contributed by atoms with Crippen molar-refractivity contribution in [3.63, 3.8) is 0 Å². The highest BCUT2D eigenvalue weighted by molar-refractivity contribution is 5.76. The van der Waals surface area contributed by atoms with Crippen LogP contribution in [0.2, 0.25) is 0 Å². The van der Waals surface area contributed by atoms with E-state index in [0.29, 0.717) is 38.6 Å². The lowest BCUT2D eigenvalue weighted by molar-refractivity contribution is -0.144. The average molecular weight is 308 g/mol. The van der Waals surface area contributed by atoms with Crippen molar-refractivity contribution in [2.24, 2.45) is 5.92 Å². The SMILES string of the molecule is CO[C@@H]1CCC[C@@H]1[C@H]1COCCN1C(=O)CCn1ccnn1. The molecule has 1 aliphatic carbocycles. The van der Waals surface area contributed by atoms with Gasteiger partial charge in [-0.2, -0.15) is 0 Å². The van der Waals surface area contributed by atoms with Gasteiger partial charge in [-0.3, -0.25) is 9.48 Å². The van der Waals surface area contributed by atoms with Gasteiger partial charge in [-0.1, -0.05) is 11.6 Å². The minimum absolute atomic E-state index is 0.143. The zero-order chi connectivity index (χ0) is 15.4. The number of amides is 1. The van der Waals surface area contributed by atoms with Crippen LogP contribution in [0.5, 0.6) is 0 Å². The molecule has 22 heavy (non-hydrogen) atoms. The molecule has 0 spiro atoms. The van der Waals surface area contributed by atoms with Crippen molar-refractivity contribution >= 4 is 5.91 Å². The van der Waals surface area contributed by atoms with Crippen LogP contribution in [-0.4, -0.2) is 64.8 Å². The zero-order valence-corrected chi connectivity index (χ0v) is 13.1. The van der Waals surface area contributed by atoms with Crippen molar-refractivity contribution in [1.29, 1.82) is 0 Å². The summed E-state index contributed by atoms with van der Waals surface area (Å²) in [4.78, 5) is 14.6. The Morgan fingerprint density at radius 2 is 2.36 bits per heavy atom. The van der Waals surface area contributed by atoms with E-state index in [1.807, 2.05) is 4.90 Å². The predicted molar refractivity (Wildman–Crippen MR) is 79.1 cm³/mol. The van der Waals surface area contributed by atoms with Crippen LogP contribution >= 0.6 is 0 Å². The van der Waals surface area contributed by atoms with Crippen LogP contribution in [0.1, 0.15) is 25.7 Å². The summed E-state index contributed by atoms with van der Waals surface area (Å²) < 4.78 is 12.9. The Balaban J connectivity index is 1.62. The number of rotatable bonds is 5. The van der Waals surface area contributed by atoms with Gasteiger partial charge in [-0.05, 0) is 12.8 Å². The Morgan fingerprint density at radius 3 is 3.14 bits per heavy atom. The van der Waals surface area contributed by atoms with Crippen molar-refractivity contribution in [3.05, 3.63) is 12.4 Å². The van der Waals surface area contributed by atoms with E-state index in [9.17, 15) is 4.79 Å². The molecule has 2 heterocycles.